The van der Waals surface area contributed by atoms with Crippen LogP contribution in [0.2, 0.25) is 0 Å². The fraction of sp³-hybridized carbons (Fsp3) is 0.538. The van der Waals surface area contributed by atoms with Gasteiger partial charge in [-0.05, 0) is 37.8 Å². The van der Waals surface area contributed by atoms with Gasteiger partial charge in [0.25, 0.3) is 5.97 Å². The number of halogens is 2. The van der Waals surface area contributed by atoms with Crippen molar-refractivity contribution in [3.63, 3.8) is 0 Å². The summed E-state index contributed by atoms with van der Waals surface area (Å²) in [7, 11) is 0. The van der Waals surface area contributed by atoms with Gasteiger partial charge in [0.1, 0.15) is 22.3 Å². The van der Waals surface area contributed by atoms with Crippen LogP contribution in [-0.4, -0.2) is 64.4 Å². The highest BCUT2D eigenvalue weighted by Gasteiger charge is 2.27. The smallest absolute Gasteiger partial charge is 0.300 e. The zero-order valence-corrected chi connectivity index (χ0v) is 22.3. The first-order valence-electron chi connectivity index (χ1n) is 12.9. The maximum atomic E-state index is 14.0. The second-order valence-corrected chi connectivity index (χ2v) is 10.5. The Labute approximate surface area is 224 Å². The van der Waals surface area contributed by atoms with Gasteiger partial charge in [-0.1, -0.05) is 36.7 Å². The molecule has 0 bridgehead atoms. The number of aliphatic carboxylic acids is 1. The van der Waals surface area contributed by atoms with Crippen molar-refractivity contribution in [1.29, 1.82) is 0 Å². The second-order valence-electron chi connectivity index (χ2n) is 9.52. The molecule has 1 amide bonds. The van der Waals surface area contributed by atoms with E-state index in [2.05, 4.69) is 15.6 Å². The van der Waals surface area contributed by atoms with E-state index in [9.17, 15) is 18.4 Å². The average molecular weight is 552 g/mol. The van der Waals surface area contributed by atoms with Gasteiger partial charge in [0.2, 0.25) is 11.7 Å². The normalized spacial score (nSPS) is 16.4. The molecule has 2 heterocycles. The number of nitrogen functional groups attached to an aromatic ring is 1. The van der Waals surface area contributed by atoms with Crippen LogP contribution in [0.5, 0.6) is 0 Å². The molecule has 0 spiro atoms. The van der Waals surface area contributed by atoms with Gasteiger partial charge in [0.05, 0.1) is 5.56 Å². The van der Waals surface area contributed by atoms with Gasteiger partial charge in [0.15, 0.2) is 5.13 Å². The minimum absolute atomic E-state index is 0.00424. The number of amides is 1. The maximum Gasteiger partial charge on any atom is 0.300 e. The number of hydrogen-bond donors (Lipinski definition) is 4. The average Bonchev–Trinajstić information content (AvgIpc) is 3.24. The topological polar surface area (TPSA) is 138 Å². The van der Waals surface area contributed by atoms with Crippen LogP contribution in [0, 0.1) is 11.6 Å². The third-order valence-electron chi connectivity index (χ3n) is 6.60. The third-order valence-corrected chi connectivity index (χ3v) is 7.60. The number of nitrogens with zero attached hydrogens (tertiary/aromatic N) is 2. The van der Waals surface area contributed by atoms with Crippen molar-refractivity contribution < 1.29 is 28.3 Å². The minimum atomic E-state index is -0.932. The van der Waals surface area contributed by atoms with E-state index in [1.165, 1.54) is 38.2 Å². The van der Waals surface area contributed by atoms with Crippen LogP contribution in [0.25, 0.3) is 0 Å². The molecule has 2 aromatic rings. The van der Waals surface area contributed by atoms with Crippen molar-refractivity contribution in [3.05, 3.63) is 40.3 Å². The highest BCUT2D eigenvalue weighted by atomic mass is 32.1. The zero-order valence-electron chi connectivity index (χ0n) is 21.5. The summed E-state index contributed by atoms with van der Waals surface area (Å²) >= 11 is 0.986. The van der Waals surface area contributed by atoms with E-state index in [0.717, 1.165) is 49.8 Å². The first-order chi connectivity index (χ1) is 18.2. The van der Waals surface area contributed by atoms with Crippen molar-refractivity contribution in [2.24, 2.45) is 0 Å². The Morgan fingerprint density at radius 1 is 1.08 bits per heavy atom. The lowest BCUT2D eigenvalue weighted by Gasteiger charge is -2.32. The highest BCUT2D eigenvalue weighted by molar-refractivity contribution is 7.18. The Bertz CT molecular complexity index is 1090. The maximum absolute atomic E-state index is 14.0. The van der Waals surface area contributed by atoms with Crippen LogP contribution in [0.1, 0.15) is 73.5 Å². The van der Waals surface area contributed by atoms with Gasteiger partial charge in [0, 0.05) is 45.1 Å². The molecule has 1 aromatic heterocycles. The quantitative estimate of drug-likeness (QED) is 0.361. The molecule has 0 radical (unpaired) electrons. The Hall–Kier alpha value is -3.12. The number of ketones is 1. The van der Waals surface area contributed by atoms with E-state index >= 15 is 0 Å². The van der Waals surface area contributed by atoms with Gasteiger partial charge < -0.3 is 26.4 Å². The molecule has 1 aliphatic carbocycles. The van der Waals surface area contributed by atoms with Crippen molar-refractivity contribution in [2.45, 2.75) is 70.4 Å². The second kappa shape index (κ2) is 14.1. The molecular weight excluding hydrogens is 516 g/mol. The summed E-state index contributed by atoms with van der Waals surface area (Å²) in [6.45, 7) is 3.10. The van der Waals surface area contributed by atoms with Crippen LogP contribution < -0.4 is 16.4 Å². The van der Waals surface area contributed by atoms with Crippen LogP contribution in [0.3, 0.4) is 0 Å². The first-order valence-corrected chi connectivity index (χ1v) is 13.7. The summed E-state index contributed by atoms with van der Waals surface area (Å²) in [6, 6.07) is 3.90. The molecule has 1 saturated carbocycles. The van der Waals surface area contributed by atoms with Gasteiger partial charge >= 0.3 is 0 Å². The van der Waals surface area contributed by atoms with Crippen LogP contribution in [0.15, 0.2) is 18.2 Å². The van der Waals surface area contributed by atoms with Crippen molar-refractivity contribution in [2.75, 3.05) is 30.7 Å². The summed E-state index contributed by atoms with van der Waals surface area (Å²) in [5.74, 6) is -3.41. The highest BCUT2D eigenvalue weighted by Crippen LogP contribution is 2.30. The number of carboxylic acids is 1. The van der Waals surface area contributed by atoms with E-state index in [-0.39, 0.29) is 22.6 Å². The number of thiazole rings is 1. The molecule has 2 aliphatic rings. The fourth-order valence-electron chi connectivity index (χ4n) is 4.68. The molecule has 0 unspecified atom stereocenters. The molecule has 208 valence electrons. The van der Waals surface area contributed by atoms with Gasteiger partial charge in [-0.3, -0.25) is 14.4 Å². The predicted molar refractivity (Wildman–Crippen MR) is 142 cm³/mol. The number of aromatic nitrogens is 1. The number of carboxylic acid groups (broad SMARTS) is 1. The Kier molecular flexibility index (Phi) is 11.0. The molecule has 9 nitrogen and oxygen atoms in total. The van der Waals surface area contributed by atoms with Crippen molar-refractivity contribution in [1.82, 2.24) is 15.2 Å². The SMILES string of the molecule is CC(=O)O.Nc1nc(NC2CCN(C(=O)CCNC3CCCCC3)CC2)sc1C(=O)c1c(F)cccc1F. The van der Waals surface area contributed by atoms with E-state index in [0.29, 0.717) is 30.7 Å². The number of hydrogen-bond acceptors (Lipinski definition) is 8. The molecule has 5 N–H and O–H groups in total. The first kappa shape index (κ1) is 29.4. The third kappa shape index (κ3) is 8.45. The van der Waals surface area contributed by atoms with E-state index in [1.54, 1.807) is 0 Å². The number of piperidine rings is 1. The molecular formula is C26H35F2N5O4S. The fourth-order valence-corrected chi connectivity index (χ4v) is 5.59. The molecule has 1 aromatic carbocycles. The number of anilines is 2. The van der Waals surface area contributed by atoms with E-state index in [1.807, 2.05) is 4.90 Å². The summed E-state index contributed by atoms with van der Waals surface area (Å²) < 4.78 is 28.0. The van der Waals surface area contributed by atoms with Crippen LogP contribution in [0.4, 0.5) is 19.7 Å². The molecule has 38 heavy (non-hydrogen) atoms. The molecule has 1 saturated heterocycles. The number of carbonyl (C=O) groups excluding carboxylic acids is 2. The summed E-state index contributed by atoms with van der Waals surface area (Å²) in [5.41, 5.74) is 5.25. The lowest BCUT2D eigenvalue weighted by atomic mass is 9.95. The van der Waals surface area contributed by atoms with E-state index < -0.39 is 29.0 Å². The number of likely N-dealkylation sites (tertiary alicyclic amines) is 1. The molecule has 2 fully saturated rings. The molecule has 12 heteroatoms. The number of carbonyl (C=O) groups is 3. The predicted octanol–water partition coefficient (Wildman–Crippen LogP) is 4.04. The Morgan fingerprint density at radius 3 is 2.29 bits per heavy atom. The van der Waals surface area contributed by atoms with Crippen LogP contribution in [-0.2, 0) is 9.59 Å². The van der Waals surface area contributed by atoms with Gasteiger partial charge in [-0.2, -0.15) is 0 Å². The zero-order chi connectivity index (χ0) is 27.7. The van der Waals surface area contributed by atoms with E-state index in [4.69, 9.17) is 15.6 Å². The summed E-state index contributed by atoms with van der Waals surface area (Å²) in [4.78, 5) is 40.3. The lowest BCUT2D eigenvalue weighted by Crippen LogP contribution is -2.43. The summed E-state index contributed by atoms with van der Waals surface area (Å²) in [6.07, 6.45) is 8.26. The van der Waals surface area contributed by atoms with Gasteiger partial charge in [-0.15, -0.1) is 0 Å². The van der Waals surface area contributed by atoms with Crippen molar-refractivity contribution >= 4 is 39.9 Å². The van der Waals surface area contributed by atoms with Crippen LogP contribution >= 0.6 is 11.3 Å². The number of rotatable bonds is 8. The number of benzene rings is 1. The minimum Gasteiger partial charge on any atom is -0.481 e. The lowest BCUT2D eigenvalue weighted by molar-refractivity contribution is -0.134. The molecule has 0 atom stereocenters. The standard InChI is InChI=1S/C24H31F2N5O2S.C2H4O2/c25-17-7-4-8-18(26)20(17)21(33)22-23(27)30-24(34-22)29-16-10-13-31(14-11-16)19(32)9-12-28-15-5-2-1-3-6-15;1-2(3)4/h4,7-8,15-16,28H,1-3,5-6,9-14,27H2,(H,29,30);1H3,(H,3,4). The number of nitrogens with two attached hydrogens (primary N) is 1. The number of nitrogens with one attached hydrogen (secondary N) is 2. The van der Waals surface area contributed by atoms with Crippen molar-refractivity contribution in [3.8, 4) is 0 Å². The largest absolute Gasteiger partial charge is 0.481 e. The molecule has 1 aliphatic heterocycles. The summed E-state index contributed by atoms with van der Waals surface area (Å²) in [5, 5.41) is 14.6. The monoisotopic (exact) mass is 551 g/mol. The van der Waals surface area contributed by atoms with Gasteiger partial charge in [-0.25, -0.2) is 13.8 Å². The molecule has 4 rings (SSSR count). The Morgan fingerprint density at radius 2 is 1.68 bits per heavy atom. The Balaban J connectivity index is 0.000000934.